The predicted molar refractivity (Wildman–Crippen MR) is 118 cm³/mol. The van der Waals surface area contributed by atoms with Crippen LogP contribution in [-0.2, 0) is 6.54 Å². The van der Waals surface area contributed by atoms with Crippen molar-refractivity contribution in [2.75, 3.05) is 26.2 Å². The average molecular weight is 385 g/mol. The van der Waals surface area contributed by atoms with Crippen molar-refractivity contribution in [1.82, 2.24) is 25.1 Å². The van der Waals surface area contributed by atoms with Crippen LogP contribution in [0.3, 0.4) is 0 Å². The van der Waals surface area contributed by atoms with E-state index < -0.39 is 0 Å². The molecule has 6 nitrogen and oxygen atoms in total. The molecule has 0 aliphatic carbocycles. The molecule has 0 bridgehead atoms. The summed E-state index contributed by atoms with van der Waals surface area (Å²) in [6.45, 7) is 15.9. The van der Waals surface area contributed by atoms with Crippen LogP contribution in [0, 0.1) is 12.8 Å². The molecule has 2 atom stereocenters. The zero-order valence-electron chi connectivity index (χ0n) is 18.1. The number of nitrogens with one attached hydrogen (secondary N) is 2. The number of likely N-dealkylation sites (tertiary alicyclic amines) is 1. The van der Waals surface area contributed by atoms with Gasteiger partial charge in [-0.15, -0.1) is 0 Å². The minimum absolute atomic E-state index is 0.458. The van der Waals surface area contributed by atoms with Gasteiger partial charge in [-0.25, -0.2) is 4.98 Å². The standard InChI is InChI=1S/C22H36N6/c1-6-23-22(26-20-15-27(16(2)3)14-17(20)4)24-12-9-13-28-18(5)25-19-10-7-8-11-21(19)28/h7-8,10-11,16-17,20H,6,9,12-15H2,1-5H3,(H2,23,24,26). The minimum atomic E-state index is 0.458. The summed E-state index contributed by atoms with van der Waals surface area (Å²) in [5.41, 5.74) is 2.28. The van der Waals surface area contributed by atoms with Crippen LogP contribution in [-0.4, -0.2) is 58.7 Å². The maximum absolute atomic E-state index is 4.83. The first-order chi connectivity index (χ1) is 13.5. The lowest BCUT2D eigenvalue weighted by atomic mass is 10.1. The summed E-state index contributed by atoms with van der Waals surface area (Å²) in [5.74, 6) is 2.65. The molecule has 1 aromatic carbocycles. The Balaban J connectivity index is 1.56. The summed E-state index contributed by atoms with van der Waals surface area (Å²) in [5, 5.41) is 7.07. The van der Waals surface area contributed by atoms with Gasteiger partial charge in [0.05, 0.1) is 11.0 Å². The molecule has 0 amide bonds. The number of para-hydroxylation sites is 2. The Morgan fingerprint density at radius 1 is 1.29 bits per heavy atom. The number of hydrogen-bond acceptors (Lipinski definition) is 3. The number of fused-ring (bicyclic) bond motifs is 1. The third-order valence-electron chi connectivity index (χ3n) is 5.69. The lowest BCUT2D eigenvalue weighted by Gasteiger charge is -2.22. The molecule has 28 heavy (non-hydrogen) atoms. The summed E-state index contributed by atoms with van der Waals surface area (Å²) in [6, 6.07) is 9.40. The monoisotopic (exact) mass is 384 g/mol. The van der Waals surface area contributed by atoms with Crippen molar-refractivity contribution in [2.45, 2.75) is 59.7 Å². The fourth-order valence-corrected chi connectivity index (χ4v) is 4.01. The van der Waals surface area contributed by atoms with Gasteiger partial charge in [0.2, 0.25) is 0 Å². The van der Waals surface area contributed by atoms with E-state index >= 15 is 0 Å². The summed E-state index contributed by atoms with van der Waals surface area (Å²) in [7, 11) is 0. The Bertz CT molecular complexity index is 793. The Hall–Kier alpha value is -2.08. The Morgan fingerprint density at radius 2 is 2.07 bits per heavy atom. The zero-order chi connectivity index (χ0) is 20.1. The van der Waals surface area contributed by atoms with Crippen LogP contribution in [0.2, 0.25) is 0 Å². The van der Waals surface area contributed by atoms with Crippen LogP contribution < -0.4 is 10.6 Å². The molecule has 2 aromatic rings. The van der Waals surface area contributed by atoms with Gasteiger partial charge < -0.3 is 15.2 Å². The molecule has 6 heteroatoms. The van der Waals surface area contributed by atoms with Gasteiger partial charge >= 0.3 is 0 Å². The first-order valence-corrected chi connectivity index (χ1v) is 10.7. The number of nitrogens with zero attached hydrogens (tertiary/aromatic N) is 4. The van der Waals surface area contributed by atoms with Gasteiger partial charge in [0.1, 0.15) is 5.82 Å². The number of rotatable bonds is 7. The summed E-state index contributed by atoms with van der Waals surface area (Å²) in [4.78, 5) is 12.0. The van der Waals surface area contributed by atoms with Crippen molar-refractivity contribution in [2.24, 2.45) is 10.9 Å². The molecule has 154 valence electrons. The molecule has 2 heterocycles. The lowest BCUT2D eigenvalue weighted by Crippen LogP contribution is -2.46. The first kappa shape index (κ1) is 20.6. The van der Waals surface area contributed by atoms with E-state index in [1.54, 1.807) is 0 Å². The third-order valence-corrected chi connectivity index (χ3v) is 5.69. The Labute approximate surface area is 169 Å². The molecule has 0 radical (unpaired) electrons. The number of benzene rings is 1. The van der Waals surface area contributed by atoms with Crippen molar-refractivity contribution < 1.29 is 0 Å². The summed E-state index contributed by atoms with van der Waals surface area (Å²) >= 11 is 0. The van der Waals surface area contributed by atoms with Gasteiger partial charge in [0, 0.05) is 44.8 Å². The van der Waals surface area contributed by atoms with Crippen molar-refractivity contribution in [3.8, 4) is 0 Å². The number of hydrogen-bond donors (Lipinski definition) is 2. The highest BCUT2D eigenvalue weighted by molar-refractivity contribution is 5.80. The topological polar surface area (TPSA) is 57.5 Å². The minimum Gasteiger partial charge on any atom is -0.357 e. The summed E-state index contributed by atoms with van der Waals surface area (Å²) < 4.78 is 2.30. The molecule has 2 N–H and O–H groups in total. The maximum atomic E-state index is 4.83. The molecular weight excluding hydrogens is 348 g/mol. The molecule has 1 fully saturated rings. The van der Waals surface area contributed by atoms with E-state index in [1.807, 2.05) is 6.07 Å². The molecule has 0 saturated carbocycles. The smallest absolute Gasteiger partial charge is 0.191 e. The van der Waals surface area contributed by atoms with Gasteiger partial charge in [-0.2, -0.15) is 0 Å². The third kappa shape index (κ3) is 4.85. The molecule has 2 unspecified atom stereocenters. The van der Waals surface area contributed by atoms with E-state index in [0.29, 0.717) is 18.0 Å². The highest BCUT2D eigenvalue weighted by Gasteiger charge is 2.31. The molecular formula is C22H36N6. The largest absolute Gasteiger partial charge is 0.357 e. The van der Waals surface area contributed by atoms with Crippen LogP contribution in [0.4, 0.5) is 0 Å². The normalized spacial score (nSPS) is 21.0. The molecule has 3 rings (SSSR count). The second-order valence-corrected chi connectivity index (χ2v) is 8.19. The zero-order valence-corrected chi connectivity index (χ0v) is 18.1. The fraction of sp³-hybridized carbons (Fsp3) is 0.636. The predicted octanol–water partition coefficient (Wildman–Crippen LogP) is 3.02. The molecule has 1 saturated heterocycles. The van der Waals surface area contributed by atoms with Crippen molar-refractivity contribution in [3.05, 3.63) is 30.1 Å². The van der Waals surface area contributed by atoms with Crippen LogP contribution in [0.1, 0.15) is 39.9 Å². The van der Waals surface area contributed by atoms with Gasteiger partial charge in [0.15, 0.2) is 5.96 Å². The van der Waals surface area contributed by atoms with Gasteiger partial charge in [-0.1, -0.05) is 19.1 Å². The number of guanidine groups is 1. The quantitative estimate of drug-likeness (QED) is 0.438. The van der Waals surface area contributed by atoms with Crippen LogP contribution in [0.25, 0.3) is 11.0 Å². The second kappa shape index (κ2) is 9.41. The Morgan fingerprint density at radius 3 is 2.79 bits per heavy atom. The highest BCUT2D eigenvalue weighted by Crippen LogP contribution is 2.19. The number of aliphatic imine (C=N–C) groups is 1. The molecule has 1 aliphatic rings. The Kier molecular flexibility index (Phi) is 6.94. The van der Waals surface area contributed by atoms with Crippen molar-refractivity contribution >= 4 is 17.0 Å². The maximum Gasteiger partial charge on any atom is 0.191 e. The van der Waals surface area contributed by atoms with Crippen LogP contribution >= 0.6 is 0 Å². The number of aromatic nitrogens is 2. The molecule has 0 spiro atoms. The van der Waals surface area contributed by atoms with E-state index in [9.17, 15) is 0 Å². The SMILES string of the molecule is CCNC(=NCCCn1c(C)nc2ccccc21)NC1CN(C(C)C)CC1C. The highest BCUT2D eigenvalue weighted by atomic mass is 15.3. The second-order valence-electron chi connectivity index (χ2n) is 8.19. The number of aryl methyl sites for hydroxylation is 2. The average Bonchev–Trinajstić information content (AvgIpc) is 3.18. The van der Waals surface area contributed by atoms with Gasteiger partial charge in [-0.3, -0.25) is 9.89 Å². The molecule has 1 aliphatic heterocycles. The van der Waals surface area contributed by atoms with Gasteiger partial charge in [0.25, 0.3) is 0 Å². The first-order valence-electron chi connectivity index (χ1n) is 10.7. The van der Waals surface area contributed by atoms with Gasteiger partial charge in [-0.05, 0) is 52.2 Å². The van der Waals surface area contributed by atoms with E-state index in [2.05, 4.69) is 77.9 Å². The fourth-order valence-electron chi connectivity index (χ4n) is 4.01. The number of imidazole rings is 1. The van der Waals surface area contributed by atoms with E-state index in [0.717, 1.165) is 56.4 Å². The molecule has 1 aromatic heterocycles. The van der Waals surface area contributed by atoms with Crippen molar-refractivity contribution in [1.29, 1.82) is 0 Å². The van der Waals surface area contributed by atoms with E-state index in [4.69, 9.17) is 4.99 Å². The lowest BCUT2D eigenvalue weighted by molar-refractivity contribution is 0.265. The van der Waals surface area contributed by atoms with E-state index in [1.165, 1.54) is 5.52 Å². The summed E-state index contributed by atoms with van der Waals surface area (Å²) in [6.07, 6.45) is 0.996. The van der Waals surface area contributed by atoms with Crippen molar-refractivity contribution in [3.63, 3.8) is 0 Å². The van der Waals surface area contributed by atoms with Crippen LogP contribution in [0.5, 0.6) is 0 Å². The van der Waals surface area contributed by atoms with E-state index in [-0.39, 0.29) is 0 Å². The van der Waals surface area contributed by atoms with Crippen LogP contribution in [0.15, 0.2) is 29.3 Å².